The van der Waals surface area contributed by atoms with E-state index in [0.29, 0.717) is 6.54 Å². The van der Waals surface area contributed by atoms with Crippen LogP contribution < -0.4 is 10.6 Å². The van der Waals surface area contributed by atoms with E-state index in [9.17, 15) is 24.0 Å². The number of ether oxygens (including phenoxy) is 1. The van der Waals surface area contributed by atoms with Crippen molar-refractivity contribution in [1.82, 2.24) is 15.5 Å². The van der Waals surface area contributed by atoms with Crippen molar-refractivity contribution in [2.75, 3.05) is 19.7 Å². The molecule has 1 aromatic carbocycles. The highest BCUT2D eigenvalue weighted by atomic mass is 16.5. The van der Waals surface area contributed by atoms with E-state index in [4.69, 9.17) is 4.74 Å². The van der Waals surface area contributed by atoms with Crippen LogP contribution in [-0.4, -0.2) is 60.2 Å². The molecular weight excluding hydrogens is 390 g/mol. The molecule has 0 saturated heterocycles. The van der Waals surface area contributed by atoms with Crippen molar-refractivity contribution in [3.05, 3.63) is 35.4 Å². The summed E-state index contributed by atoms with van der Waals surface area (Å²) in [6.45, 7) is 5.25. The van der Waals surface area contributed by atoms with Crippen LogP contribution in [0.2, 0.25) is 0 Å². The predicted octanol–water partition coefficient (Wildman–Crippen LogP) is 0.883. The molecule has 162 valence electrons. The normalized spacial score (nSPS) is 13.8. The zero-order valence-corrected chi connectivity index (χ0v) is 17.4. The lowest BCUT2D eigenvalue weighted by Crippen LogP contribution is -2.47. The minimum absolute atomic E-state index is 0.0112. The van der Waals surface area contributed by atoms with Gasteiger partial charge in [-0.2, -0.15) is 0 Å². The zero-order chi connectivity index (χ0) is 22.3. The molecule has 1 aliphatic rings. The first kappa shape index (κ1) is 23.1. The number of nitrogens with one attached hydrogen (secondary N) is 2. The number of hydrogen-bond donors (Lipinski definition) is 2. The van der Waals surface area contributed by atoms with Crippen molar-refractivity contribution in [2.45, 2.75) is 39.7 Å². The number of fused-ring (bicyclic) bond motifs is 1. The lowest BCUT2D eigenvalue weighted by molar-refractivity contribution is -0.152. The van der Waals surface area contributed by atoms with Crippen LogP contribution in [0.1, 0.15) is 54.3 Å². The van der Waals surface area contributed by atoms with Gasteiger partial charge in [0, 0.05) is 6.54 Å². The lowest BCUT2D eigenvalue weighted by atomic mass is 10.0. The van der Waals surface area contributed by atoms with Crippen LogP contribution in [0.3, 0.4) is 0 Å². The number of benzene rings is 1. The van der Waals surface area contributed by atoms with Crippen molar-refractivity contribution < 1.29 is 28.7 Å². The third-order valence-electron chi connectivity index (χ3n) is 4.47. The van der Waals surface area contributed by atoms with Crippen LogP contribution in [0.5, 0.6) is 0 Å². The summed E-state index contributed by atoms with van der Waals surface area (Å²) in [5, 5.41) is 4.96. The Morgan fingerprint density at radius 1 is 1.00 bits per heavy atom. The second kappa shape index (κ2) is 10.5. The van der Waals surface area contributed by atoms with Gasteiger partial charge in [-0.15, -0.1) is 0 Å². The Hall–Kier alpha value is -3.23. The van der Waals surface area contributed by atoms with E-state index >= 15 is 0 Å². The summed E-state index contributed by atoms with van der Waals surface area (Å²) in [7, 11) is 0. The maximum Gasteiger partial charge on any atom is 0.329 e. The molecule has 30 heavy (non-hydrogen) atoms. The standard InChI is InChI=1S/C21H27N3O6/c1-4-9-22-17(25)11-23-18(26)12-30-21(29)16(10-13(2)3)24-19(27)14-7-5-6-8-15(14)20(24)28/h5-8,13,16H,4,9-12H2,1-3H3,(H,22,25)(H,23,26)/t16-/m0/s1. The third-order valence-corrected chi connectivity index (χ3v) is 4.47. The van der Waals surface area contributed by atoms with Crippen LogP contribution >= 0.6 is 0 Å². The van der Waals surface area contributed by atoms with Crippen LogP contribution in [0, 0.1) is 5.92 Å². The quantitative estimate of drug-likeness (QED) is 0.431. The van der Waals surface area contributed by atoms with Crippen LogP contribution in [-0.2, 0) is 19.1 Å². The fraction of sp³-hybridized carbons (Fsp3) is 0.476. The maximum atomic E-state index is 12.7. The van der Waals surface area contributed by atoms with Gasteiger partial charge in [0.05, 0.1) is 17.7 Å². The average Bonchev–Trinajstić information content (AvgIpc) is 2.97. The van der Waals surface area contributed by atoms with Crippen molar-refractivity contribution >= 4 is 29.6 Å². The first-order chi connectivity index (χ1) is 14.3. The van der Waals surface area contributed by atoms with E-state index in [-0.39, 0.29) is 35.9 Å². The molecule has 1 heterocycles. The summed E-state index contributed by atoms with van der Waals surface area (Å²) >= 11 is 0. The Kier molecular flexibility index (Phi) is 8.08. The van der Waals surface area contributed by atoms with Gasteiger partial charge in [0.25, 0.3) is 17.7 Å². The zero-order valence-electron chi connectivity index (χ0n) is 17.4. The minimum Gasteiger partial charge on any atom is -0.454 e. The molecule has 0 fully saturated rings. The summed E-state index contributed by atoms with van der Waals surface area (Å²) in [5.41, 5.74) is 0.472. The van der Waals surface area contributed by atoms with Gasteiger partial charge in [-0.05, 0) is 30.9 Å². The SMILES string of the molecule is CCCNC(=O)CNC(=O)COC(=O)[C@H](CC(C)C)N1C(=O)c2ccccc2C1=O. The predicted molar refractivity (Wildman–Crippen MR) is 107 cm³/mol. The molecule has 2 rings (SSSR count). The average molecular weight is 417 g/mol. The van der Waals surface area contributed by atoms with Gasteiger partial charge in [-0.3, -0.25) is 24.1 Å². The Balaban J connectivity index is 2.00. The van der Waals surface area contributed by atoms with Crippen LogP contribution in [0.25, 0.3) is 0 Å². The first-order valence-electron chi connectivity index (χ1n) is 9.93. The molecule has 1 aliphatic heterocycles. The number of rotatable bonds is 10. The number of imide groups is 1. The molecule has 0 saturated carbocycles. The summed E-state index contributed by atoms with van der Waals surface area (Å²) in [6, 6.07) is 5.21. The summed E-state index contributed by atoms with van der Waals surface area (Å²) < 4.78 is 5.06. The first-order valence-corrected chi connectivity index (χ1v) is 9.93. The van der Waals surface area contributed by atoms with E-state index < -0.39 is 36.3 Å². The lowest BCUT2D eigenvalue weighted by Gasteiger charge is -2.25. The second-order valence-electron chi connectivity index (χ2n) is 7.41. The van der Waals surface area contributed by atoms with E-state index in [1.54, 1.807) is 12.1 Å². The number of carbonyl (C=O) groups excluding carboxylic acids is 5. The highest BCUT2D eigenvalue weighted by molar-refractivity contribution is 6.22. The third kappa shape index (κ3) is 5.65. The molecule has 1 aromatic rings. The fourth-order valence-electron chi connectivity index (χ4n) is 3.03. The second-order valence-corrected chi connectivity index (χ2v) is 7.41. The molecule has 0 bridgehead atoms. The highest BCUT2D eigenvalue weighted by Crippen LogP contribution is 2.27. The Bertz CT molecular complexity index is 801. The van der Waals surface area contributed by atoms with Gasteiger partial charge >= 0.3 is 5.97 Å². The molecule has 9 nitrogen and oxygen atoms in total. The van der Waals surface area contributed by atoms with E-state index in [0.717, 1.165) is 11.3 Å². The smallest absolute Gasteiger partial charge is 0.329 e. The molecule has 0 radical (unpaired) electrons. The van der Waals surface area contributed by atoms with E-state index in [2.05, 4.69) is 10.6 Å². The number of amides is 4. The van der Waals surface area contributed by atoms with Gasteiger partial charge < -0.3 is 15.4 Å². The van der Waals surface area contributed by atoms with Crippen LogP contribution in [0.15, 0.2) is 24.3 Å². The molecule has 1 atom stereocenters. The van der Waals surface area contributed by atoms with Gasteiger partial charge in [-0.25, -0.2) is 4.79 Å². The van der Waals surface area contributed by atoms with Gasteiger partial charge in [0.15, 0.2) is 6.61 Å². The van der Waals surface area contributed by atoms with E-state index in [1.165, 1.54) is 12.1 Å². The Morgan fingerprint density at radius 3 is 2.13 bits per heavy atom. The molecule has 9 heteroatoms. The number of hydrogen-bond acceptors (Lipinski definition) is 6. The molecule has 2 N–H and O–H groups in total. The molecule has 4 amide bonds. The molecule has 0 aliphatic carbocycles. The van der Waals surface area contributed by atoms with Crippen molar-refractivity contribution in [3.63, 3.8) is 0 Å². The summed E-state index contributed by atoms with van der Waals surface area (Å²) in [5.74, 6) is -2.97. The van der Waals surface area contributed by atoms with E-state index in [1.807, 2.05) is 20.8 Å². The summed E-state index contributed by atoms with van der Waals surface area (Å²) in [6.07, 6.45) is 0.970. The van der Waals surface area contributed by atoms with Crippen molar-refractivity contribution in [3.8, 4) is 0 Å². The molecule has 0 unspecified atom stereocenters. The Labute approximate surface area is 175 Å². The van der Waals surface area contributed by atoms with Crippen molar-refractivity contribution in [2.24, 2.45) is 5.92 Å². The molecule has 0 aromatic heterocycles. The summed E-state index contributed by atoms with van der Waals surface area (Å²) in [4.78, 5) is 62.4. The Morgan fingerprint density at radius 2 is 1.60 bits per heavy atom. The molecule has 0 spiro atoms. The maximum absolute atomic E-state index is 12.7. The number of esters is 1. The van der Waals surface area contributed by atoms with Crippen LogP contribution in [0.4, 0.5) is 0 Å². The largest absolute Gasteiger partial charge is 0.454 e. The topological polar surface area (TPSA) is 122 Å². The highest BCUT2D eigenvalue weighted by Gasteiger charge is 2.43. The van der Waals surface area contributed by atoms with Gasteiger partial charge in [0.1, 0.15) is 6.04 Å². The molecular formula is C21H27N3O6. The van der Waals surface area contributed by atoms with Crippen molar-refractivity contribution in [1.29, 1.82) is 0 Å². The number of nitrogens with zero attached hydrogens (tertiary/aromatic N) is 1. The number of carbonyl (C=O) groups is 5. The fourth-order valence-corrected chi connectivity index (χ4v) is 3.03. The minimum atomic E-state index is -1.14. The van der Waals surface area contributed by atoms with Gasteiger partial charge in [-0.1, -0.05) is 32.9 Å². The van der Waals surface area contributed by atoms with Gasteiger partial charge in [0.2, 0.25) is 5.91 Å². The monoisotopic (exact) mass is 417 g/mol.